The maximum atomic E-state index is 11.9. The normalized spacial score (nSPS) is 11.0. The molecule has 0 heterocycles. The predicted octanol–water partition coefficient (Wildman–Crippen LogP) is 2.11. The molecule has 0 bridgehead atoms. The van der Waals surface area contributed by atoms with E-state index in [2.05, 4.69) is 15.4 Å². The van der Waals surface area contributed by atoms with E-state index in [4.69, 9.17) is 4.74 Å². The molecule has 0 unspecified atom stereocenters. The second-order valence-corrected chi connectivity index (χ2v) is 4.73. The van der Waals surface area contributed by atoms with Crippen LogP contribution >= 0.6 is 0 Å². The molecular weight excluding hydrogens is 329 g/mol. The highest BCUT2D eigenvalue weighted by Crippen LogP contribution is 2.16. The SMILES string of the molecule is CCNC(=O)COc1ccc(NC(=O)CCOCC(F)(F)F)cc1. The molecule has 0 aromatic heterocycles. The van der Waals surface area contributed by atoms with E-state index in [-0.39, 0.29) is 25.5 Å². The molecule has 0 atom stereocenters. The zero-order valence-electron chi connectivity index (χ0n) is 13.1. The summed E-state index contributed by atoms with van der Waals surface area (Å²) < 4.78 is 45.2. The number of carbonyl (C=O) groups is 2. The Hall–Kier alpha value is -2.29. The number of nitrogens with one attached hydrogen (secondary N) is 2. The van der Waals surface area contributed by atoms with Crippen LogP contribution in [-0.2, 0) is 14.3 Å². The van der Waals surface area contributed by atoms with Crippen LogP contribution in [0, 0.1) is 0 Å². The Bertz CT molecular complexity index is 533. The maximum absolute atomic E-state index is 11.9. The molecule has 24 heavy (non-hydrogen) atoms. The molecule has 1 aromatic carbocycles. The van der Waals surface area contributed by atoms with E-state index in [9.17, 15) is 22.8 Å². The van der Waals surface area contributed by atoms with Crippen LogP contribution in [0.5, 0.6) is 5.75 Å². The maximum Gasteiger partial charge on any atom is 0.411 e. The number of alkyl halides is 3. The van der Waals surface area contributed by atoms with Gasteiger partial charge in [0.1, 0.15) is 12.4 Å². The molecule has 2 N–H and O–H groups in total. The fraction of sp³-hybridized carbons (Fsp3) is 0.467. The van der Waals surface area contributed by atoms with Crippen molar-refractivity contribution in [3.63, 3.8) is 0 Å². The summed E-state index contributed by atoms with van der Waals surface area (Å²) >= 11 is 0. The van der Waals surface area contributed by atoms with Crippen molar-refractivity contribution in [3.8, 4) is 5.75 Å². The van der Waals surface area contributed by atoms with Crippen molar-refractivity contribution in [1.29, 1.82) is 0 Å². The van der Waals surface area contributed by atoms with E-state index in [1.165, 1.54) is 0 Å². The molecule has 1 aromatic rings. The molecule has 0 fully saturated rings. The van der Waals surface area contributed by atoms with Gasteiger partial charge < -0.3 is 20.1 Å². The summed E-state index contributed by atoms with van der Waals surface area (Å²) in [5.41, 5.74) is 0.459. The first-order valence-electron chi connectivity index (χ1n) is 7.24. The monoisotopic (exact) mass is 348 g/mol. The van der Waals surface area contributed by atoms with Crippen LogP contribution < -0.4 is 15.4 Å². The van der Waals surface area contributed by atoms with Gasteiger partial charge in [0.2, 0.25) is 5.91 Å². The van der Waals surface area contributed by atoms with Crippen LogP contribution in [-0.4, -0.2) is 44.4 Å². The Morgan fingerprint density at radius 3 is 2.38 bits per heavy atom. The van der Waals surface area contributed by atoms with Gasteiger partial charge in [-0.3, -0.25) is 9.59 Å². The van der Waals surface area contributed by atoms with E-state index in [1.807, 2.05) is 0 Å². The van der Waals surface area contributed by atoms with Gasteiger partial charge in [-0.15, -0.1) is 0 Å². The first-order chi connectivity index (χ1) is 11.3. The molecule has 0 aliphatic rings. The zero-order valence-corrected chi connectivity index (χ0v) is 13.1. The number of amides is 2. The molecule has 0 radical (unpaired) electrons. The van der Waals surface area contributed by atoms with Crippen LogP contribution in [0.15, 0.2) is 24.3 Å². The van der Waals surface area contributed by atoms with Crippen molar-refractivity contribution in [2.24, 2.45) is 0 Å². The van der Waals surface area contributed by atoms with Gasteiger partial charge in [-0.25, -0.2) is 0 Å². The molecule has 6 nitrogen and oxygen atoms in total. The zero-order chi connectivity index (χ0) is 18.0. The molecule has 1 rings (SSSR count). The average Bonchev–Trinajstić information content (AvgIpc) is 2.50. The van der Waals surface area contributed by atoms with Crippen molar-refractivity contribution in [2.45, 2.75) is 19.5 Å². The predicted molar refractivity (Wildman–Crippen MR) is 80.7 cm³/mol. The van der Waals surface area contributed by atoms with Crippen molar-refractivity contribution in [2.75, 3.05) is 31.7 Å². The fourth-order valence-corrected chi connectivity index (χ4v) is 1.61. The summed E-state index contributed by atoms with van der Waals surface area (Å²) in [4.78, 5) is 22.8. The number of hydrogen-bond acceptors (Lipinski definition) is 4. The van der Waals surface area contributed by atoms with E-state index < -0.39 is 18.7 Å². The van der Waals surface area contributed by atoms with Gasteiger partial charge in [0.15, 0.2) is 6.61 Å². The van der Waals surface area contributed by atoms with Crippen molar-refractivity contribution >= 4 is 17.5 Å². The first kappa shape index (κ1) is 19.8. The standard InChI is InChI=1S/C15H19F3N2O4/c1-2-19-14(22)9-24-12-5-3-11(4-6-12)20-13(21)7-8-23-10-15(16,17)18/h3-6H,2,7-10H2,1H3,(H,19,22)(H,20,21). The van der Waals surface area contributed by atoms with Crippen LogP contribution in [0.25, 0.3) is 0 Å². The number of hydrogen-bond donors (Lipinski definition) is 2. The van der Waals surface area contributed by atoms with Crippen molar-refractivity contribution < 1.29 is 32.2 Å². The van der Waals surface area contributed by atoms with Gasteiger partial charge in [0, 0.05) is 12.2 Å². The lowest BCUT2D eigenvalue weighted by Crippen LogP contribution is -2.28. The average molecular weight is 348 g/mol. The molecule has 134 valence electrons. The number of rotatable bonds is 9. The van der Waals surface area contributed by atoms with Gasteiger partial charge in [-0.05, 0) is 31.2 Å². The Morgan fingerprint density at radius 2 is 1.79 bits per heavy atom. The van der Waals surface area contributed by atoms with E-state index in [1.54, 1.807) is 31.2 Å². The third kappa shape index (κ3) is 8.99. The number of halogens is 3. The number of ether oxygens (including phenoxy) is 2. The molecular formula is C15H19F3N2O4. The Morgan fingerprint density at radius 1 is 1.12 bits per heavy atom. The minimum absolute atomic E-state index is 0.115. The number of carbonyl (C=O) groups excluding carboxylic acids is 2. The van der Waals surface area contributed by atoms with Gasteiger partial charge in [-0.2, -0.15) is 13.2 Å². The van der Waals surface area contributed by atoms with Crippen LogP contribution in [0.3, 0.4) is 0 Å². The third-order valence-electron chi connectivity index (χ3n) is 2.62. The molecule has 0 saturated heterocycles. The molecule has 0 spiro atoms. The highest BCUT2D eigenvalue weighted by molar-refractivity contribution is 5.90. The lowest BCUT2D eigenvalue weighted by Gasteiger charge is -2.09. The van der Waals surface area contributed by atoms with Gasteiger partial charge in [0.05, 0.1) is 13.0 Å². The number of likely N-dealkylation sites (N-methyl/N-ethyl adjacent to an activating group) is 1. The van der Waals surface area contributed by atoms with Gasteiger partial charge in [0.25, 0.3) is 5.91 Å². The number of anilines is 1. The Kier molecular flexibility index (Phi) is 8.03. The minimum Gasteiger partial charge on any atom is -0.484 e. The second-order valence-electron chi connectivity index (χ2n) is 4.73. The van der Waals surface area contributed by atoms with E-state index >= 15 is 0 Å². The number of benzene rings is 1. The van der Waals surface area contributed by atoms with Crippen molar-refractivity contribution in [1.82, 2.24) is 5.32 Å². The lowest BCUT2D eigenvalue weighted by molar-refractivity contribution is -0.174. The summed E-state index contributed by atoms with van der Waals surface area (Å²) in [5, 5.41) is 5.10. The highest BCUT2D eigenvalue weighted by Gasteiger charge is 2.27. The highest BCUT2D eigenvalue weighted by atomic mass is 19.4. The summed E-state index contributed by atoms with van der Waals surface area (Å²) in [7, 11) is 0. The largest absolute Gasteiger partial charge is 0.484 e. The van der Waals surface area contributed by atoms with E-state index in [0.717, 1.165) is 0 Å². The molecule has 0 aliphatic carbocycles. The lowest BCUT2D eigenvalue weighted by atomic mass is 10.3. The topological polar surface area (TPSA) is 76.7 Å². The van der Waals surface area contributed by atoms with Crippen molar-refractivity contribution in [3.05, 3.63) is 24.3 Å². The van der Waals surface area contributed by atoms with Crippen LogP contribution in [0.1, 0.15) is 13.3 Å². The molecule has 0 saturated carbocycles. The summed E-state index contributed by atoms with van der Waals surface area (Å²) in [6.07, 6.45) is -4.59. The van der Waals surface area contributed by atoms with Gasteiger partial charge in [-0.1, -0.05) is 0 Å². The van der Waals surface area contributed by atoms with Gasteiger partial charge >= 0.3 is 6.18 Å². The van der Waals surface area contributed by atoms with Crippen LogP contribution in [0.4, 0.5) is 18.9 Å². The second kappa shape index (κ2) is 9.76. The Balaban J connectivity index is 2.30. The third-order valence-corrected chi connectivity index (χ3v) is 2.62. The summed E-state index contributed by atoms with van der Waals surface area (Å²) in [6, 6.07) is 6.24. The van der Waals surface area contributed by atoms with E-state index in [0.29, 0.717) is 18.0 Å². The summed E-state index contributed by atoms with van der Waals surface area (Å²) in [6.45, 7) is 0.497. The minimum atomic E-state index is -4.40. The molecule has 2 amide bonds. The van der Waals surface area contributed by atoms with Crippen LogP contribution in [0.2, 0.25) is 0 Å². The Labute approximate surface area is 137 Å². The first-order valence-corrected chi connectivity index (χ1v) is 7.24. The smallest absolute Gasteiger partial charge is 0.411 e. The molecule has 0 aliphatic heterocycles. The summed E-state index contributed by atoms with van der Waals surface area (Å²) in [5.74, 6) is -0.255. The quantitative estimate of drug-likeness (QED) is 0.670. The molecule has 9 heteroatoms. The fourth-order valence-electron chi connectivity index (χ4n) is 1.61.